The Morgan fingerprint density at radius 3 is 1.61 bits per heavy atom. The molecule has 21 heteroatoms. The molecule has 20 nitrogen and oxygen atoms in total. The average molecular weight is 824 g/mol. The van der Waals surface area contributed by atoms with Crippen LogP contribution < -0.4 is 62.3 Å². The van der Waals surface area contributed by atoms with Gasteiger partial charge in [-0.2, -0.15) is 0 Å². The van der Waals surface area contributed by atoms with E-state index in [0.29, 0.717) is 69.7 Å². The van der Waals surface area contributed by atoms with E-state index < -0.39 is 18.0 Å². The fourth-order valence-corrected chi connectivity index (χ4v) is 2.21. The minimum Gasteiger partial charge on any atom is -1.00 e. The molecule has 0 aromatic carbocycles. The number of quaternary nitrogens is 1. The topological polar surface area (TPSA) is 358 Å². The number of nitrogens with one attached hydrogen (secondary N) is 4. The Balaban J connectivity index is -0.000000106. The second kappa shape index (κ2) is 51.7. The number of hydrogen-bond acceptors (Lipinski definition) is 13. The fourth-order valence-electron chi connectivity index (χ4n) is 2.21. The minimum absolute atomic E-state index is 0. The summed E-state index contributed by atoms with van der Waals surface area (Å²) >= 11 is 0. The zero-order chi connectivity index (χ0) is 44.0. The van der Waals surface area contributed by atoms with Gasteiger partial charge in [-0.3, -0.25) is 28.8 Å². The summed E-state index contributed by atoms with van der Waals surface area (Å²) < 4.78 is 9.08. The summed E-state index contributed by atoms with van der Waals surface area (Å²) in [5.74, 6) is -2.61. The van der Waals surface area contributed by atoms with Crippen molar-refractivity contribution in [2.45, 2.75) is 45.6 Å². The molecule has 0 heterocycles. The molecule has 0 aliphatic heterocycles. The van der Waals surface area contributed by atoms with Crippen LogP contribution in [-0.4, -0.2) is 118 Å². The smallest absolute Gasteiger partial charge is 0.332 e. The first-order valence-electron chi connectivity index (χ1n) is 16.6. The first kappa shape index (κ1) is 65.5. The second-order valence-electron chi connectivity index (χ2n) is 10.2. The lowest BCUT2D eigenvalue weighted by molar-refractivity contribution is -0.364. The van der Waals surface area contributed by atoms with Crippen molar-refractivity contribution in [3.63, 3.8) is 0 Å². The Bertz CT molecular complexity index is 1170. The summed E-state index contributed by atoms with van der Waals surface area (Å²) in [6.07, 6.45) is 6.05. The number of unbranched alkanes of at least 4 members (excludes halogenated alkanes) is 1. The zero-order valence-corrected chi connectivity index (χ0v) is 33.5. The molecule has 56 heavy (non-hydrogen) atoms. The van der Waals surface area contributed by atoms with Gasteiger partial charge in [0, 0.05) is 48.5 Å². The summed E-state index contributed by atoms with van der Waals surface area (Å²) in [5.41, 5.74) is 25.3. The molecule has 0 aromatic rings. The molecule has 4 amide bonds. The number of carboxylic acid groups (broad SMARTS) is 2. The second-order valence-corrected chi connectivity index (χ2v) is 10.2. The van der Waals surface area contributed by atoms with Gasteiger partial charge in [-0.1, -0.05) is 39.5 Å². The molecule has 0 saturated heterocycles. The average Bonchev–Trinajstić information content (AvgIpc) is 3.15. The van der Waals surface area contributed by atoms with Crippen LogP contribution >= 0.6 is 0 Å². The van der Waals surface area contributed by atoms with Gasteiger partial charge < -0.3 is 82.0 Å². The summed E-state index contributed by atoms with van der Waals surface area (Å²) in [6.45, 7) is 27.6. The van der Waals surface area contributed by atoms with Crippen LogP contribution in [0.1, 0.15) is 39.5 Å². The normalized spacial score (nSPS) is 8.98. The molecular weight excluding hydrogens is 758 g/mol. The van der Waals surface area contributed by atoms with Crippen molar-refractivity contribution < 1.29 is 71.4 Å². The maximum absolute atomic E-state index is 11.0. The fraction of sp³-hybridized carbons (Fsp3) is 0.457. The molecule has 0 fully saturated rings. The van der Waals surface area contributed by atoms with E-state index >= 15 is 0 Å². The Kier molecular flexibility index (Phi) is 60.5. The molecule has 0 aromatic heterocycles. The van der Waals surface area contributed by atoms with Gasteiger partial charge in [-0.05, 0) is 52.3 Å². The van der Waals surface area contributed by atoms with Crippen LogP contribution in [0.25, 0.3) is 0 Å². The van der Waals surface area contributed by atoms with Crippen LogP contribution in [0, 0.1) is 0 Å². The van der Waals surface area contributed by atoms with Crippen molar-refractivity contribution in [1.82, 2.24) is 21.3 Å². The predicted octanol–water partition coefficient (Wildman–Crippen LogP) is -5.07. The molecule has 0 spiro atoms. The third-order valence-electron chi connectivity index (χ3n) is 5.18. The number of hydrogen-bond donors (Lipinski definition) is 11. The number of aliphatic carboxylic acids is 2. The van der Waals surface area contributed by atoms with Crippen LogP contribution in [0.3, 0.4) is 0 Å². The molecule has 0 bridgehead atoms. The first-order valence-corrected chi connectivity index (χ1v) is 16.6. The lowest BCUT2D eigenvalue weighted by Gasteiger charge is -2.06. The Hall–Kier alpha value is -5.38. The van der Waals surface area contributed by atoms with E-state index in [4.69, 9.17) is 37.9 Å². The number of ether oxygens (including phenoxy) is 2. The van der Waals surface area contributed by atoms with Gasteiger partial charge >= 0.3 is 11.9 Å². The van der Waals surface area contributed by atoms with E-state index in [-0.39, 0.29) is 60.9 Å². The van der Waals surface area contributed by atoms with Crippen molar-refractivity contribution >= 4 is 42.5 Å². The van der Waals surface area contributed by atoms with Crippen LogP contribution in [0.2, 0.25) is 0 Å². The third-order valence-corrected chi connectivity index (χ3v) is 5.18. The van der Waals surface area contributed by atoms with Crippen LogP contribution in [-0.2, 0) is 43.0 Å². The monoisotopic (exact) mass is 823 g/mol. The number of rotatable bonds is 24. The van der Waals surface area contributed by atoms with E-state index in [1.165, 1.54) is 12.5 Å². The summed E-state index contributed by atoms with van der Waals surface area (Å²) in [5, 5.41) is 26.5. The van der Waals surface area contributed by atoms with Gasteiger partial charge in [0.2, 0.25) is 24.1 Å². The summed E-state index contributed by atoms with van der Waals surface area (Å²) in [6, 6.07) is -0.804. The highest BCUT2D eigenvalue weighted by Gasteiger charge is 2.10. The number of nitrogens with two attached hydrogens (primary N) is 4. The lowest BCUT2D eigenvalue weighted by atomic mass is 10.1. The summed E-state index contributed by atoms with van der Waals surface area (Å²) in [7, 11) is 0. The van der Waals surface area contributed by atoms with E-state index in [0.717, 1.165) is 19.4 Å². The van der Waals surface area contributed by atoms with Gasteiger partial charge in [0.25, 0.3) is 6.47 Å². The van der Waals surface area contributed by atoms with Crippen LogP contribution in [0.4, 0.5) is 0 Å². The molecule has 1 unspecified atom stereocenters. The molecule has 17 N–H and O–H groups in total. The Morgan fingerprint density at radius 2 is 1.29 bits per heavy atom. The highest BCUT2D eigenvalue weighted by Crippen LogP contribution is 1.98. The van der Waals surface area contributed by atoms with Gasteiger partial charge in [0.15, 0.2) is 0 Å². The Labute approximate surface area is 336 Å². The predicted molar refractivity (Wildman–Crippen MR) is 211 cm³/mol. The molecule has 1 atom stereocenters. The number of amides is 4. The molecule has 0 aliphatic rings. The molecule has 0 saturated carbocycles. The van der Waals surface area contributed by atoms with Gasteiger partial charge in [-0.15, -0.1) is 0 Å². The Morgan fingerprint density at radius 1 is 0.768 bits per heavy atom. The maximum Gasteiger partial charge on any atom is 0.332 e. The molecule has 0 rings (SSSR count). The van der Waals surface area contributed by atoms with Crippen molar-refractivity contribution in [3.8, 4) is 0 Å². The standard InChI is InChI=1S/C10H18N2O3.C7H12N2O3.C6H12N2O.C5H11NO.C4H7NO2.C3H5NO.ClH/c1-7(2)9(13)12-6-4-3-5-8(11)10(14)15;1-6(4-12-5-10)7(11)9-3-2-8;1-5(2)6(9)8-4-3-7;1-2-7-5-3-4-6;1-3(2-5)4(6)7;1-2-4-3-5;/h8H,1,3-6,11H2,2H3,(H,12,13)(H,14,15);5H,1-4,8H2,(H,9,11);1,3-4,7H2,2H3,(H,8,9);2H,1,3-6H2;1-2,5H2,(H,6,7);2-3H,1H2,(H,4,5);1H. The van der Waals surface area contributed by atoms with Crippen molar-refractivity contribution in [2.75, 3.05) is 59.0 Å². The van der Waals surface area contributed by atoms with Gasteiger partial charge in [0.05, 0.1) is 26.0 Å². The number of carbonyl (C=O) groups is 7. The quantitative estimate of drug-likeness (QED) is 0.0188. The van der Waals surface area contributed by atoms with Crippen molar-refractivity contribution in [2.24, 2.45) is 22.9 Å². The lowest BCUT2D eigenvalue weighted by Crippen LogP contribution is -3.00. The molecular formula is C35H66ClN9O11. The minimum atomic E-state index is -1.03. The van der Waals surface area contributed by atoms with E-state index in [1.807, 2.05) is 0 Å². The van der Waals surface area contributed by atoms with Crippen molar-refractivity contribution in [1.29, 1.82) is 0 Å². The van der Waals surface area contributed by atoms with Gasteiger partial charge in [-0.25, -0.2) is 4.79 Å². The first-order chi connectivity index (χ1) is 25.9. The van der Waals surface area contributed by atoms with E-state index in [9.17, 15) is 33.6 Å². The molecule has 0 radical (unpaired) electrons. The van der Waals surface area contributed by atoms with Crippen molar-refractivity contribution in [3.05, 3.63) is 74.2 Å². The van der Waals surface area contributed by atoms with Crippen LogP contribution in [0.15, 0.2) is 74.2 Å². The highest BCUT2D eigenvalue weighted by atomic mass is 35.5. The SMILES string of the molecule is C=C(C)C(=O)NCCCCC(N)C(=O)O.C=C(C)C(=O)NCC[NH3+].C=C(CN)C(=O)O.C=C(COC=O)C(=O)NCCN.C=CNC=O.C=COCCCN.[Cl-]. The number of halogens is 1. The zero-order valence-electron chi connectivity index (χ0n) is 32.8. The van der Waals surface area contributed by atoms with E-state index in [2.05, 4.69) is 71.2 Å². The highest BCUT2D eigenvalue weighted by molar-refractivity contribution is 5.93. The third kappa shape index (κ3) is 60.7. The maximum atomic E-state index is 11.0. The number of carbonyl (C=O) groups excluding carboxylic acids is 5. The largest absolute Gasteiger partial charge is 1.00 e. The molecule has 324 valence electrons. The van der Waals surface area contributed by atoms with E-state index in [1.54, 1.807) is 13.8 Å². The summed E-state index contributed by atoms with van der Waals surface area (Å²) in [4.78, 5) is 71.7. The van der Waals surface area contributed by atoms with Crippen LogP contribution in [0.5, 0.6) is 0 Å². The van der Waals surface area contributed by atoms with Gasteiger partial charge in [0.1, 0.15) is 12.6 Å². The number of carboxylic acids is 2. The molecule has 0 aliphatic carbocycles.